The van der Waals surface area contributed by atoms with Gasteiger partial charge >= 0.3 is 0 Å². The molecule has 2 rings (SSSR count). The van der Waals surface area contributed by atoms with Crippen molar-refractivity contribution < 1.29 is 14.3 Å². The lowest BCUT2D eigenvalue weighted by Gasteiger charge is -2.22. The number of anilines is 1. The van der Waals surface area contributed by atoms with Gasteiger partial charge in [0, 0.05) is 12.2 Å². The van der Waals surface area contributed by atoms with E-state index in [4.69, 9.17) is 4.74 Å². The van der Waals surface area contributed by atoms with Crippen LogP contribution in [-0.4, -0.2) is 24.4 Å². The average Bonchev–Trinajstić information content (AvgIpc) is 2.40. The molecule has 1 unspecified atom stereocenters. The van der Waals surface area contributed by atoms with E-state index in [0.29, 0.717) is 17.9 Å². The van der Waals surface area contributed by atoms with E-state index in [-0.39, 0.29) is 11.7 Å². The highest BCUT2D eigenvalue weighted by atomic mass is 16.5. The summed E-state index contributed by atoms with van der Waals surface area (Å²) in [6.07, 6.45) is 2.37. The highest BCUT2D eigenvalue weighted by molar-refractivity contribution is 6.04. The number of carbonyl (C=O) groups is 2. The van der Waals surface area contributed by atoms with Crippen LogP contribution in [0.3, 0.4) is 0 Å². The van der Waals surface area contributed by atoms with E-state index in [1.54, 1.807) is 24.3 Å². The third-order valence-corrected chi connectivity index (χ3v) is 3.04. The molecule has 1 fully saturated rings. The molecule has 4 heteroatoms. The van der Waals surface area contributed by atoms with Crippen molar-refractivity contribution in [2.75, 3.05) is 11.9 Å². The zero-order valence-corrected chi connectivity index (χ0v) is 10.4. The van der Waals surface area contributed by atoms with Gasteiger partial charge in [0.05, 0.1) is 5.69 Å². The van der Waals surface area contributed by atoms with Crippen LogP contribution in [0.15, 0.2) is 24.3 Å². The fourth-order valence-electron chi connectivity index (χ4n) is 2.06. The zero-order valence-electron chi connectivity index (χ0n) is 10.4. The average molecular weight is 247 g/mol. The van der Waals surface area contributed by atoms with Crippen molar-refractivity contribution in [2.24, 2.45) is 0 Å². The summed E-state index contributed by atoms with van der Waals surface area (Å²) < 4.78 is 5.42. The van der Waals surface area contributed by atoms with Gasteiger partial charge in [0.1, 0.15) is 6.10 Å². The van der Waals surface area contributed by atoms with Crippen LogP contribution in [0, 0.1) is 0 Å². The molecule has 1 atom stereocenters. The van der Waals surface area contributed by atoms with E-state index in [1.807, 2.05) is 0 Å². The predicted molar refractivity (Wildman–Crippen MR) is 68.7 cm³/mol. The zero-order chi connectivity index (χ0) is 13.0. The molecule has 1 aliphatic heterocycles. The fraction of sp³-hybridized carbons (Fsp3) is 0.429. The number of benzene rings is 1. The summed E-state index contributed by atoms with van der Waals surface area (Å²) in [4.78, 5) is 23.4. The van der Waals surface area contributed by atoms with E-state index in [1.165, 1.54) is 6.92 Å². The summed E-state index contributed by atoms with van der Waals surface area (Å²) in [7, 11) is 0. The Morgan fingerprint density at radius 3 is 2.72 bits per heavy atom. The van der Waals surface area contributed by atoms with Crippen LogP contribution in [0.25, 0.3) is 0 Å². The van der Waals surface area contributed by atoms with Crippen molar-refractivity contribution in [1.82, 2.24) is 0 Å². The molecule has 0 aliphatic carbocycles. The van der Waals surface area contributed by atoms with Gasteiger partial charge in [-0.3, -0.25) is 9.59 Å². The molecule has 1 saturated heterocycles. The van der Waals surface area contributed by atoms with Gasteiger partial charge in [0.15, 0.2) is 5.78 Å². The van der Waals surface area contributed by atoms with Gasteiger partial charge in [-0.2, -0.15) is 0 Å². The lowest BCUT2D eigenvalue weighted by atomic mass is 10.1. The van der Waals surface area contributed by atoms with Crippen LogP contribution in [-0.2, 0) is 9.53 Å². The number of nitrogens with one attached hydrogen (secondary N) is 1. The number of para-hydroxylation sites is 1. The van der Waals surface area contributed by atoms with Gasteiger partial charge in [-0.05, 0) is 38.3 Å². The molecule has 1 amide bonds. The van der Waals surface area contributed by atoms with Gasteiger partial charge < -0.3 is 10.1 Å². The van der Waals surface area contributed by atoms with Gasteiger partial charge in [-0.1, -0.05) is 12.1 Å². The van der Waals surface area contributed by atoms with Crippen LogP contribution < -0.4 is 5.32 Å². The second-order valence-corrected chi connectivity index (χ2v) is 4.45. The number of hydrogen-bond donors (Lipinski definition) is 1. The summed E-state index contributed by atoms with van der Waals surface area (Å²) in [6, 6.07) is 7.02. The number of hydrogen-bond acceptors (Lipinski definition) is 3. The molecule has 1 heterocycles. The Morgan fingerprint density at radius 2 is 2.06 bits per heavy atom. The number of ketones is 1. The SMILES string of the molecule is CC(=O)c1ccccc1NC(=O)C1CCCCO1. The molecule has 0 bridgehead atoms. The molecular formula is C14H17NO3. The molecule has 1 N–H and O–H groups in total. The van der Waals surface area contributed by atoms with Crippen LogP contribution >= 0.6 is 0 Å². The Labute approximate surface area is 106 Å². The summed E-state index contributed by atoms with van der Waals surface area (Å²) >= 11 is 0. The molecule has 1 aliphatic rings. The van der Waals surface area contributed by atoms with Gasteiger partial charge in [0.25, 0.3) is 5.91 Å². The first-order valence-corrected chi connectivity index (χ1v) is 6.21. The van der Waals surface area contributed by atoms with Gasteiger partial charge in [0.2, 0.25) is 0 Å². The van der Waals surface area contributed by atoms with Crippen molar-refractivity contribution in [3.63, 3.8) is 0 Å². The van der Waals surface area contributed by atoms with E-state index in [2.05, 4.69) is 5.32 Å². The van der Waals surface area contributed by atoms with Crippen molar-refractivity contribution >= 4 is 17.4 Å². The number of rotatable bonds is 3. The van der Waals surface area contributed by atoms with E-state index in [0.717, 1.165) is 19.3 Å². The predicted octanol–water partition coefficient (Wildman–Crippen LogP) is 2.40. The largest absolute Gasteiger partial charge is 0.368 e. The first-order chi connectivity index (χ1) is 8.68. The Bertz CT molecular complexity index is 450. The van der Waals surface area contributed by atoms with Crippen molar-refractivity contribution in [3.8, 4) is 0 Å². The maximum atomic E-state index is 12.0. The summed E-state index contributed by atoms with van der Waals surface area (Å²) in [5.41, 5.74) is 1.09. The Kier molecular flexibility index (Phi) is 4.10. The number of carbonyl (C=O) groups excluding carboxylic acids is 2. The fourth-order valence-corrected chi connectivity index (χ4v) is 2.06. The molecular weight excluding hydrogens is 230 g/mol. The summed E-state index contributed by atoms with van der Waals surface area (Å²) in [5.74, 6) is -0.223. The Hall–Kier alpha value is -1.68. The molecule has 0 radical (unpaired) electrons. The smallest absolute Gasteiger partial charge is 0.253 e. The maximum absolute atomic E-state index is 12.0. The first-order valence-electron chi connectivity index (χ1n) is 6.21. The third kappa shape index (κ3) is 2.96. The summed E-state index contributed by atoms with van der Waals surface area (Å²) in [5, 5.41) is 2.78. The van der Waals surface area contributed by atoms with Gasteiger partial charge in [-0.25, -0.2) is 0 Å². The highest BCUT2D eigenvalue weighted by Gasteiger charge is 2.22. The van der Waals surface area contributed by atoms with Crippen LogP contribution in [0.4, 0.5) is 5.69 Å². The van der Waals surface area contributed by atoms with Gasteiger partial charge in [-0.15, -0.1) is 0 Å². The lowest BCUT2D eigenvalue weighted by Crippen LogP contribution is -2.33. The summed E-state index contributed by atoms with van der Waals surface area (Å²) in [6.45, 7) is 2.12. The third-order valence-electron chi connectivity index (χ3n) is 3.04. The second kappa shape index (κ2) is 5.78. The van der Waals surface area contributed by atoms with Crippen LogP contribution in [0.2, 0.25) is 0 Å². The molecule has 1 aromatic rings. The first kappa shape index (κ1) is 12.8. The molecule has 0 aromatic heterocycles. The number of amides is 1. The van der Waals surface area contributed by atoms with Crippen molar-refractivity contribution in [2.45, 2.75) is 32.3 Å². The minimum Gasteiger partial charge on any atom is -0.368 e. The minimum absolute atomic E-state index is 0.0598. The molecule has 4 nitrogen and oxygen atoms in total. The molecule has 0 spiro atoms. The Morgan fingerprint density at radius 1 is 1.28 bits per heavy atom. The number of ether oxygens (including phenoxy) is 1. The van der Waals surface area contributed by atoms with E-state index >= 15 is 0 Å². The second-order valence-electron chi connectivity index (χ2n) is 4.45. The standard InChI is InChI=1S/C14H17NO3/c1-10(16)11-6-2-3-7-12(11)15-14(17)13-8-4-5-9-18-13/h2-3,6-7,13H,4-5,8-9H2,1H3,(H,15,17). The Balaban J connectivity index is 2.08. The number of Topliss-reactive ketones (excluding diaryl/α,β-unsaturated/α-hetero) is 1. The highest BCUT2D eigenvalue weighted by Crippen LogP contribution is 2.18. The molecule has 1 aromatic carbocycles. The van der Waals surface area contributed by atoms with Crippen LogP contribution in [0.1, 0.15) is 36.5 Å². The van der Waals surface area contributed by atoms with Crippen molar-refractivity contribution in [3.05, 3.63) is 29.8 Å². The normalized spacial score (nSPS) is 19.3. The van der Waals surface area contributed by atoms with Crippen molar-refractivity contribution in [1.29, 1.82) is 0 Å². The molecule has 18 heavy (non-hydrogen) atoms. The molecule has 0 saturated carbocycles. The van der Waals surface area contributed by atoms with E-state index < -0.39 is 6.10 Å². The van der Waals surface area contributed by atoms with E-state index in [9.17, 15) is 9.59 Å². The lowest BCUT2D eigenvalue weighted by molar-refractivity contribution is -0.129. The minimum atomic E-state index is -0.390. The molecule has 96 valence electrons. The van der Waals surface area contributed by atoms with Crippen LogP contribution in [0.5, 0.6) is 0 Å². The monoisotopic (exact) mass is 247 g/mol. The topological polar surface area (TPSA) is 55.4 Å². The quantitative estimate of drug-likeness (QED) is 0.834. The maximum Gasteiger partial charge on any atom is 0.253 e.